The van der Waals surface area contributed by atoms with E-state index in [2.05, 4.69) is 10.3 Å². The first-order valence-electron chi connectivity index (χ1n) is 10.2. The fourth-order valence-electron chi connectivity index (χ4n) is 3.73. The van der Waals surface area contributed by atoms with Crippen LogP contribution in [-0.2, 0) is 11.3 Å². The number of benzene rings is 2. The van der Waals surface area contributed by atoms with Crippen molar-refractivity contribution in [3.8, 4) is 22.6 Å². The number of anilines is 1. The fourth-order valence-corrected chi connectivity index (χ4v) is 3.73. The van der Waals surface area contributed by atoms with Gasteiger partial charge >= 0.3 is 5.97 Å². The van der Waals surface area contributed by atoms with E-state index in [4.69, 9.17) is 14.6 Å². The number of nitrogens with one attached hydrogen (secondary N) is 1. The van der Waals surface area contributed by atoms with E-state index in [9.17, 15) is 18.0 Å². The van der Waals surface area contributed by atoms with Crippen molar-refractivity contribution in [2.75, 3.05) is 19.5 Å². The number of ether oxygens (including phenoxy) is 2. The molecule has 1 aromatic heterocycles. The molecular weight excluding hydrogens is 437 g/mol. The molecule has 0 spiro atoms. The van der Waals surface area contributed by atoms with E-state index in [1.807, 2.05) is 0 Å². The number of aliphatic carboxylic acids is 1. The third-order valence-corrected chi connectivity index (χ3v) is 5.66. The molecule has 172 valence electrons. The van der Waals surface area contributed by atoms with E-state index in [0.29, 0.717) is 17.8 Å². The number of halogens is 3. The molecule has 1 aliphatic carbocycles. The van der Waals surface area contributed by atoms with E-state index < -0.39 is 29.3 Å². The zero-order valence-electron chi connectivity index (χ0n) is 17.9. The summed E-state index contributed by atoms with van der Waals surface area (Å²) in [6.07, 6.45) is 2.11. The molecule has 3 aromatic rings. The maximum absolute atomic E-state index is 14.8. The number of rotatable bonds is 8. The van der Waals surface area contributed by atoms with Crippen LogP contribution in [0, 0.1) is 23.4 Å². The van der Waals surface area contributed by atoms with Gasteiger partial charge in [-0.15, -0.1) is 0 Å². The minimum Gasteiger partial charge on any atom is -0.494 e. The summed E-state index contributed by atoms with van der Waals surface area (Å²) in [4.78, 5) is 15.3. The molecule has 9 heteroatoms. The summed E-state index contributed by atoms with van der Waals surface area (Å²) in [5.41, 5.74) is 1.22. The fraction of sp³-hybridized carbons (Fsp3) is 0.250. The molecule has 4 rings (SSSR count). The topological polar surface area (TPSA) is 80.7 Å². The SMILES string of the molecule is COc1cc(OC)c(F)c(-c2ccc(F)c(CNc3ccc([C@H]4C[C@@H]4C(=O)O)nc3)c2)c1F. The minimum absolute atomic E-state index is 0.0339. The van der Waals surface area contributed by atoms with Crippen LogP contribution >= 0.6 is 0 Å². The number of aromatic nitrogens is 1. The van der Waals surface area contributed by atoms with Crippen molar-refractivity contribution in [2.24, 2.45) is 5.92 Å². The normalized spacial score (nSPS) is 16.9. The van der Waals surface area contributed by atoms with Crippen molar-refractivity contribution in [2.45, 2.75) is 18.9 Å². The summed E-state index contributed by atoms with van der Waals surface area (Å²) >= 11 is 0. The first kappa shape index (κ1) is 22.4. The summed E-state index contributed by atoms with van der Waals surface area (Å²) in [6, 6.07) is 8.34. The minimum atomic E-state index is -0.916. The number of nitrogens with zero attached hydrogens (tertiary/aromatic N) is 1. The van der Waals surface area contributed by atoms with Crippen molar-refractivity contribution >= 4 is 11.7 Å². The second-order valence-corrected chi connectivity index (χ2v) is 7.70. The zero-order chi connectivity index (χ0) is 23.7. The lowest BCUT2D eigenvalue weighted by Crippen LogP contribution is -2.04. The molecule has 0 amide bonds. The maximum Gasteiger partial charge on any atom is 0.307 e. The standard InChI is InChI=1S/C24H21F3N2O4/c1-32-19-9-20(33-2)23(27)21(22(19)26)12-3-5-17(25)13(7-12)10-28-14-4-6-18(29-11-14)15-8-16(15)24(30)31/h3-7,9,11,15-16,28H,8,10H2,1-2H3,(H,30,31)/t15-,16-/m0/s1. The quantitative estimate of drug-likeness (QED) is 0.496. The Labute approximate surface area is 188 Å². The Bertz CT molecular complexity index is 1170. The van der Waals surface area contributed by atoms with Gasteiger partial charge in [-0.25, -0.2) is 13.2 Å². The third-order valence-electron chi connectivity index (χ3n) is 5.66. The summed E-state index contributed by atoms with van der Waals surface area (Å²) in [7, 11) is 2.51. The molecule has 33 heavy (non-hydrogen) atoms. The van der Waals surface area contributed by atoms with Crippen LogP contribution < -0.4 is 14.8 Å². The Hall–Kier alpha value is -3.75. The molecule has 0 aliphatic heterocycles. The number of carbonyl (C=O) groups is 1. The Kier molecular flexibility index (Phi) is 6.13. The number of hydrogen-bond acceptors (Lipinski definition) is 5. The number of hydrogen-bond donors (Lipinski definition) is 2. The lowest BCUT2D eigenvalue weighted by Gasteiger charge is -2.14. The Morgan fingerprint density at radius 1 is 1.09 bits per heavy atom. The highest BCUT2D eigenvalue weighted by molar-refractivity contribution is 5.75. The number of carboxylic acids is 1. The summed E-state index contributed by atoms with van der Waals surface area (Å²) in [5.74, 6) is -4.09. The highest BCUT2D eigenvalue weighted by Gasteiger charge is 2.45. The van der Waals surface area contributed by atoms with Crippen molar-refractivity contribution in [3.05, 3.63) is 71.3 Å². The van der Waals surface area contributed by atoms with Gasteiger partial charge < -0.3 is 19.9 Å². The molecule has 2 aromatic carbocycles. The smallest absolute Gasteiger partial charge is 0.307 e. The molecule has 0 unspecified atom stereocenters. The number of carboxylic acid groups (broad SMARTS) is 1. The zero-order valence-corrected chi connectivity index (χ0v) is 17.9. The molecule has 1 fully saturated rings. The van der Waals surface area contributed by atoms with Crippen molar-refractivity contribution in [3.63, 3.8) is 0 Å². The van der Waals surface area contributed by atoms with Crippen LogP contribution in [0.4, 0.5) is 18.9 Å². The van der Waals surface area contributed by atoms with Gasteiger partial charge in [-0.3, -0.25) is 9.78 Å². The highest BCUT2D eigenvalue weighted by Crippen LogP contribution is 2.46. The van der Waals surface area contributed by atoms with E-state index in [1.54, 1.807) is 18.3 Å². The monoisotopic (exact) mass is 458 g/mol. The molecule has 6 nitrogen and oxygen atoms in total. The van der Waals surface area contributed by atoms with Gasteiger partial charge in [0.25, 0.3) is 0 Å². The van der Waals surface area contributed by atoms with Gasteiger partial charge in [0.15, 0.2) is 23.1 Å². The second kappa shape index (κ2) is 9.01. The lowest BCUT2D eigenvalue weighted by atomic mass is 10.0. The second-order valence-electron chi connectivity index (χ2n) is 7.70. The van der Waals surface area contributed by atoms with E-state index in [-0.39, 0.29) is 40.7 Å². The summed E-state index contributed by atoms with van der Waals surface area (Å²) < 4.78 is 54.0. The van der Waals surface area contributed by atoms with Crippen molar-refractivity contribution in [1.82, 2.24) is 4.98 Å². The number of methoxy groups -OCH3 is 2. The molecule has 2 N–H and O–H groups in total. The molecule has 1 heterocycles. The summed E-state index contributed by atoms with van der Waals surface area (Å²) in [6.45, 7) is 0.0339. The van der Waals surface area contributed by atoms with Crippen molar-refractivity contribution < 1.29 is 32.5 Å². The largest absolute Gasteiger partial charge is 0.494 e. The van der Waals surface area contributed by atoms with Crippen LogP contribution in [0.25, 0.3) is 11.1 Å². The molecule has 0 saturated heterocycles. The molecule has 1 saturated carbocycles. The predicted octanol–water partition coefficient (Wildman–Crippen LogP) is 4.98. The van der Waals surface area contributed by atoms with Gasteiger partial charge in [0.05, 0.1) is 37.6 Å². The van der Waals surface area contributed by atoms with Gasteiger partial charge in [0, 0.05) is 29.8 Å². The Balaban J connectivity index is 1.55. The van der Waals surface area contributed by atoms with Crippen LogP contribution in [0.5, 0.6) is 11.5 Å². The van der Waals surface area contributed by atoms with Gasteiger partial charge in [-0.05, 0) is 36.2 Å². The number of pyridine rings is 1. The molecule has 0 radical (unpaired) electrons. The van der Waals surface area contributed by atoms with Crippen LogP contribution in [0.15, 0.2) is 42.6 Å². The van der Waals surface area contributed by atoms with E-state index in [0.717, 1.165) is 12.1 Å². The molecular formula is C24H21F3N2O4. The first-order chi connectivity index (χ1) is 15.8. The van der Waals surface area contributed by atoms with Crippen LogP contribution in [0.2, 0.25) is 0 Å². The maximum atomic E-state index is 14.8. The Morgan fingerprint density at radius 2 is 1.79 bits per heavy atom. The van der Waals surface area contributed by atoms with Gasteiger partial charge in [0.1, 0.15) is 5.82 Å². The molecule has 2 atom stereocenters. The summed E-state index contributed by atoms with van der Waals surface area (Å²) in [5, 5.41) is 12.1. The molecule has 1 aliphatic rings. The van der Waals surface area contributed by atoms with Gasteiger partial charge in [-0.1, -0.05) is 6.07 Å². The first-order valence-corrected chi connectivity index (χ1v) is 10.2. The Morgan fingerprint density at radius 3 is 2.33 bits per heavy atom. The highest BCUT2D eigenvalue weighted by atomic mass is 19.1. The average Bonchev–Trinajstić information content (AvgIpc) is 3.61. The van der Waals surface area contributed by atoms with Crippen LogP contribution in [0.3, 0.4) is 0 Å². The average molecular weight is 458 g/mol. The van der Waals surface area contributed by atoms with Crippen LogP contribution in [0.1, 0.15) is 23.6 Å². The van der Waals surface area contributed by atoms with E-state index in [1.165, 1.54) is 26.4 Å². The molecule has 0 bridgehead atoms. The van der Waals surface area contributed by atoms with Gasteiger partial charge in [0.2, 0.25) is 0 Å². The van der Waals surface area contributed by atoms with Crippen molar-refractivity contribution in [1.29, 1.82) is 0 Å². The van der Waals surface area contributed by atoms with Crippen LogP contribution in [-0.4, -0.2) is 30.3 Å². The predicted molar refractivity (Wildman–Crippen MR) is 115 cm³/mol. The van der Waals surface area contributed by atoms with E-state index >= 15 is 0 Å². The van der Waals surface area contributed by atoms with Gasteiger partial charge in [-0.2, -0.15) is 0 Å². The third kappa shape index (κ3) is 4.44. The lowest BCUT2D eigenvalue weighted by molar-refractivity contribution is -0.138.